The zero-order valence-electron chi connectivity index (χ0n) is 27.3. The minimum atomic E-state index is -0.722. The molecule has 0 spiro atoms. The fraction of sp³-hybridized carbons (Fsp3) is 0.879. The fourth-order valence-electron chi connectivity index (χ4n) is 5.67. The predicted octanol–water partition coefficient (Wildman–Crippen LogP) is 7.11. The number of carboxylic acid groups (broad SMARTS) is 1. The van der Waals surface area contributed by atoms with E-state index in [9.17, 15) is 19.2 Å². The molecule has 1 N–H and O–H groups in total. The van der Waals surface area contributed by atoms with E-state index in [1.807, 2.05) is 48.5 Å². The largest absolute Gasteiger partial charge is 0.481 e. The predicted molar refractivity (Wildman–Crippen MR) is 157 cm³/mol. The molecule has 1 aliphatic heterocycles. The Labute approximate surface area is 247 Å². The number of carbonyl (C=O) groups excluding carboxylic acids is 3. The van der Waals surface area contributed by atoms with E-state index in [2.05, 4.69) is 6.92 Å². The monoisotopic (exact) mass is 580 g/mol. The Bertz CT molecular complexity index is 943. The van der Waals surface area contributed by atoms with Crippen LogP contribution < -0.4 is 0 Å². The average molecular weight is 581 g/mol. The molecular formula is C33H56O8. The van der Waals surface area contributed by atoms with Gasteiger partial charge in [0.15, 0.2) is 0 Å². The third-order valence-corrected chi connectivity index (χ3v) is 10.5. The van der Waals surface area contributed by atoms with Crippen molar-refractivity contribution in [1.29, 1.82) is 0 Å². The summed E-state index contributed by atoms with van der Waals surface area (Å²) in [5.74, 6) is -0.288. The van der Waals surface area contributed by atoms with Gasteiger partial charge < -0.3 is 19.3 Å². The van der Waals surface area contributed by atoms with Gasteiger partial charge >= 0.3 is 23.9 Å². The van der Waals surface area contributed by atoms with E-state index in [0.29, 0.717) is 18.3 Å². The highest BCUT2D eigenvalue weighted by molar-refractivity contribution is 5.78. The van der Waals surface area contributed by atoms with Gasteiger partial charge in [0.25, 0.3) is 0 Å². The highest BCUT2D eigenvalue weighted by Gasteiger charge is 2.63. The summed E-state index contributed by atoms with van der Waals surface area (Å²) in [6.45, 7) is 19.2. The molecule has 8 nitrogen and oxygen atoms in total. The van der Waals surface area contributed by atoms with Crippen LogP contribution >= 0.6 is 0 Å². The van der Waals surface area contributed by atoms with Crippen LogP contribution in [0.2, 0.25) is 0 Å². The summed E-state index contributed by atoms with van der Waals surface area (Å²) in [7, 11) is 0. The van der Waals surface area contributed by atoms with Gasteiger partial charge in [-0.3, -0.25) is 19.2 Å². The second-order valence-corrected chi connectivity index (χ2v) is 14.4. The lowest BCUT2D eigenvalue weighted by Gasteiger charge is -2.32. The highest BCUT2D eigenvalue weighted by atomic mass is 16.6. The van der Waals surface area contributed by atoms with Crippen LogP contribution in [-0.4, -0.2) is 46.8 Å². The number of fused-ring (bicyclic) bond motifs is 1. The zero-order valence-corrected chi connectivity index (χ0v) is 27.3. The molecule has 4 aliphatic rings. The molecule has 8 heteroatoms. The summed E-state index contributed by atoms with van der Waals surface area (Å²) in [4.78, 5) is 46.0. The van der Waals surface area contributed by atoms with E-state index in [0.717, 1.165) is 44.9 Å². The summed E-state index contributed by atoms with van der Waals surface area (Å²) in [5, 5.41) is 8.44. The van der Waals surface area contributed by atoms with E-state index in [1.54, 1.807) is 13.8 Å². The Kier molecular flexibility index (Phi) is 11.5. The molecule has 5 unspecified atom stereocenters. The van der Waals surface area contributed by atoms with E-state index in [1.165, 1.54) is 12.8 Å². The van der Waals surface area contributed by atoms with E-state index < -0.39 is 16.8 Å². The average Bonchev–Trinajstić information content (AvgIpc) is 3.69. The van der Waals surface area contributed by atoms with Crippen LogP contribution in [0.25, 0.3) is 0 Å². The maximum Gasteiger partial charge on any atom is 0.312 e. The van der Waals surface area contributed by atoms with Crippen molar-refractivity contribution < 1.29 is 38.5 Å². The van der Waals surface area contributed by atoms with Gasteiger partial charge in [-0.05, 0) is 106 Å². The maximum absolute atomic E-state index is 12.1. The Balaban J connectivity index is 0.000000232. The number of esters is 3. The molecule has 0 radical (unpaired) electrons. The molecule has 4 fully saturated rings. The number of hydrogen-bond acceptors (Lipinski definition) is 7. The van der Waals surface area contributed by atoms with Crippen molar-refractivity contribution >= 4 is 23.9 Å². The first-order valence-electron chi connectivity index (χ1n) is 15.8. The van der Waals surface area contributed by atoms with Gasteiger partial charge in [-0.25, -0.2) is 0 Å². The lowest BCUT2D eigenvalue weighted by molar-refractivity contribution is -0.171. The molecule has 1 saturated heterocycles. The molecule has 1 heterocycles. The third-order valence-electron chi connectivity index (χ3n) is 10.5. The molecule has 3 saturated carbocycles. The molecule has 0 aromatic heterocycles. The van der Waals surface area contributed by atoms with Crippen molar-refractivity contribution in [3.63, 3.8) is 0 Å². The second-order valence-electron chi connectivity index (χ2n) is 14.4. The number of carboxylic acids is 1. The maximum atomic E-state index is 12.1. The number of carbonyl (C=O) groups is 4. The van der Waals surface area contributed by atoms with Crippen molar-refractivity contribution in [2.45, 2.75) is 151 Å². The van der Waals surface area contributed by atoms with Crippen LogP contribution in [0.4, 0.5) is 0 Å². The van der Waals surface area contributed by atoms with Gasteiger partial charge in [-0.2, -0.15) is 0 Å². The van der Waals surface area contributed by atoms with Crippen molar-refractivity contribution in [2.75, 3.05) is 0 Å². The molecule has 0 amide bonds. The molecular weight excluding hydrogens is 524 g/mol. The molecule has 3 aliphatic carbocycles. The van der Waals surface area contributed by atoms with E-state index in [4.69, 9.17) is 19.3 Å². The zero-order chi connectivity index (χ0) is 31.4. The van der Waals surface area contributed by atoms with Gasteiger partial charge in [-0.15, -0.1) is 0 Å². The molecule has 0 aromatic carbocycles. The SMILES string of the molecule is CCC(C)(C)C(=O)O.CCC(C)(C)C(=O)OC1C2CC3C(=O)OC1C3C2.CCC1(OC(=O)C(C)(C)CC)CCCC1. The molecule has 0 aromatic rings. The Morgan fingerprint density at radius 1 is 0.854 bits per heavy atom. The van der Waals surface area contributed by atoms with Crippen LogP contribution in [0.15, 0.2) is 0 Å². The van der Waals surface area contributed by atoms with Crippen LogP contribution in [0.1, 0.15) is 133 Å². The van der Waals surface area contributed by atoms with Gasteiger partial charge in [0.05, 0.1) is 22.2 Å². The number of rotatable bonds is 9. The number of aliphatic carboxylic acids is 1. The first-order chi connectivity index (χ1) is 18.9. The van der Waals surface area contributed by atoms with Crippen LogP contribution in [0, 0.1) is 34.0 Å². The normalized spacial score (nSPS) is 27.7. The highest BCUT2D eigenvalue weighted by Crippen LogP contribution is 2.55. The van der Waals surface area contributed by atoms with Crippen LogP contribution in [-0.2, 0) is 33.4 Å². The standard InChI is InChI=1S/C14H20O4.C13H24O2.C6H12O2/c1-4-14(2,3)13(16)18-10-7-5-8-9(6-7)12(15)17-11(8)10;1-5-12(3,4)11(14)15-13(6-2)9-7-8-10-13;1-4-6(2,3)5(7)8/h7-11H,4-6H2,1-3H3;5-10H2,1-4H3;4H2,1-3H3,(H,7,8). The lowest BCUT2D eigenvalue weighted by atomic mass is 9.87. The van der Waals surface area contributed by atoms with Gasteiger partial charge in [-0.1, -0.05) is 27.7 Å². The minimum absolute atomic E-state index is 0.0197. The number of ether oxygens (including phenoxy) is 3. The van der Waals surface area contributed by atoms with Crippen molar-refractivity contribution in [3.05, 3.63) is 0 Å². The molecule has 41 heavy (non-hydrogen) atoms. The third kappa shape index (κ3) is 8.04. The summed E-state index contributed by atoms with van der Waals surface area (Å²) in [5.41, 5.74) is -1.46. The first kappa shape index (κ1) is 35.1. The quantitative estimate of drug-likeness (QED) is 0.226. The molecule has 4 rings (SSSR count). The molecule has 5 atom stereocenters. The molecule has 236 valence electrons. The Morgan fingerprint density at radius 3 is 1.80 bits per heavy atom. The fourth-order valence-corrected chi connectivity index (χ4v) is 5.67. The van der Waals surface area contributed by atoms with E-state index in [-0.39, 0.29) is 47.0 Å². The van der Waals surface area contributed by atoms with Crippen molar-refractivity contribution in [1.82, 2.24) is 0 Å². The smallest absolute Gasteiger partial charge is 0.312 e. The van der Waals surface area contributed by atoms with Gasteiger partial charge in [0.1, 0.15) is 17.8 Å². The Morgan fingerprint density at radius 2 is 1.37 bits per heavy atom. The van der Waals surface area contributed by atoms with Crippen molar-refractivity contribution in [3.8, 4) is 0 Å². The van der Waals surface area contributed by atoms with E-state index >= 15 is 0 Å². The summed E-state index contributed by atoms with van der Waals surface area (Å²) in [6, 6.07) is 0. The first-order valence-corrected chi connectivity index (χ1v) is 15.8. The summed E-state index contributed by atoms with van der Waals surface area (Å²) >= 11 is 0. The second kappa shape index (κ2) is 13.5. The van der Waals surface area contributed by atoms with Crippen LogP contribution in [0.5, 0.6) is 0 Å². The van der Waals surface area contributed by atoms with Crippen LogP contribution in [0.3, 0.4) is 0 Å². The minimum Gasteiger partial charge on any atom is -0.481 e. The summed E-state index contributed by atoms with van der Waals surface area (Å²) in [6.07, 6.45) is 9.18. The molecule has 2 bridgehead atoms. The summed E-state index contributed by atoms with van der Waals surface area (Å²) < 4.78 is 16.8. The van der Waals surface area contributed by atoms with Gasteiger partial charge in [0.2, 0.25) is 0 Å². The lowest BCUT2D eigenvalue weighted by Crippen LogP contribution is -2.39. The number of hydrogen-bond donors (Lipinski definition) is 1. The Hall–Kier alpha value is -2.12. The topological polar surface area (TPSA) is 116 Å². The van der Waals surface area contributed by atoms with Crippen molar-refractivity contribution in [2.24, 2.45) is 34.0 Å². The van der Waals surface area contributed by atoms with Gasteiger partial charge in [0, 0.05) is 11.8 Å².